The highest BCUT2D eigenvalue weighted by Crippen LogP contribution is 2.19. The Hall–Kier alpha value is -2.07. The van der Waals surface area contributed by atoms with Crippen molar-refractivity contribution in [3.05, 3.63) is 58.9 Å². The van der Waals surface area contributed by atoms with Gasteiger partial charge in [-0.05, 0) is 30.3 Å². The second-order valence-electron chi connectivity index (χ2n) is 3.63. The fourth-order valence-corrected chi connectivity index (χ4v) is 1.63. The van der Waals surface area contributed by atoms with E-state index < -0.39 is 11.7 Å². The van der Waals surface area contributed by atoms with E-state index >= 15 is 0 Å². The molecule has 0 radical (unpaired) electrons. The van der Waals surface area contributed by atoms with E-state index in [0.29, 0.717) is 5.69 Å². The van der Waals surface area contributed by atoms with Crippen molar-refractivity contribution < 1.29 is 14.3 Å². The third kappa shape index (κ3) is 2.78. The van der Waals surface area contributed by atoms with Gasteiger partial charge in [-0.15, -0.1) is 0 Å². The van der Waals surface area contributed by atoms with Crippen LogP contribution in [0.1, 0.15) is 10.4 Å². The van der Waals surface area contributed by atoms with Crippen molar-refractivity contribution in [3.63, 3.8) is 0 Å². The lowest BCUT2D eigenvalue weighted by Crippen LogP contribution is -2.13. The average molecular weight is 266 g/mol. The molecule has 2 aromatic rings. The van der Waals surface area contributed by atoms with Gasteiger partial charge in [-0.2, -0.15) is 0 Å². The fourth-order valence-electron chi connectivity index (χ4n) is 1.45. The molecule has 2 rings (SSSR count). The molecular formula is C13H9ClFNO2. The first kappa shape index (κ1) is 12.4. The van der Waals surface area contributed by atoms with Crippen LogP contribution in [0.4, 0.5) is 10.1 Å². The first-order valence-electron chi connectivity index (χ1n) is 5.12. The number of benzene rings is 2. The van der Waals surface area contributed by atoms with Gasteiger partial charge in [0.25, 0.3) is 5.91 Å². The summed E-state index contributed by atoms with van der Waals surface area (Å²) in [6.45, 7) is 0. The molecule has 0 fully saturated rings. The third-order valence-corrected chi connectivity index (χ3v) is 2.51. The number of halogens is 2. The van der Waals surface area contributed by atoms with E-state index in [9.17, 15) is 14.3 Å². The van der Waals surface area contributed by atoms with Crippen molar-refractivity contribution in [2.75, 3.05) is 5.32 Å². The van der Waals surface area contributed by atoms with Crippen LogP contribution in [0.25, 0.3) is 0 Å². The van der Waals surface area contributed by atoms with E-state index in [-0.39, 0.29) is 16.3 Å². The first-order valence-corrected chi connectivity index (χ1v) is 5.49. The summed E-state index contributed by atoms with van der Waals surface area (Å²) >= 11 is 5.70. The van der Waals surface area contributed by atoms with E-state index in [1.807, 2.05) is 0 Å². The minimum Gasteiger partial charge on any atom is -0.508 e. The summed E-state index contributed by atoms with van der Waals surface area (Å²) in [6, 6.07) is 9.71. The lowest BCUT2D eigenvalue weighted by Gasteiger charge is -2.06. The maximum absolute atomic E-state index is 13.4. The van der Waals surface area contributed by atoms with E-state index in [1.54, 1.807) is 12.1 Å². The molecule has 92 valence electrons. The minimum atomic E-state index is -0.656. The Bertz CT molecular complexity index is 601. The molecule has 3 nitrogen and oxygen atoms in total. The average Bonchev–Trinajstić information content (AvgIpc) is 2.32. The molecule has 0 unspecified atom stereocenters. The van der Waals surface area contributed by atoms with Gasteiger partial charge < -0.3 is 10.4 Å². The summed E-state index contributed by atoms with van der Waals surface area (Å²) in [5, 5.41) is 12.0. The van der Waals surface area contributed by atoms with Crippen LogP contribution in [0, 0.1) is 5.82 Å². The monoisotopic (exact) mass is 265 g/mol. The van der Waals surface area contributed by atoms with E-state index in [4.69, 9.17) is 11.6 Å². The molecule has 0 aromatic heterocycles. The zero-order chi connectivity index (χ0) is 13.1. The van der Waals surface area contributed by atoms with Crippen LogP contribution in [0.3, 0.4) is 0 Å². The number of phenols is 1. The highest BCUT2D eigenvalue weighted by molar-refractivity contribution is 6.31. The molecule has 18 heavy (non-hydrogen) atoms. The molecular weight excluding hydrogens is 257 g/mol. The van der Waals surface area contributed by atoms with E-state index in [0.717, 1.165) is 6.07 Å². The van der Waals surface area contributed by atoms with Gasteiger partial charge in [0.15, 0.2) is 0 Å². The number of anilines is 1. The Labute approximate surface area is 108 Å². The normalized spacial score (nSPS) is 10.1. The molecule has 5 heteroatoms. The minimum absolute atomic E-state index is 0.0133. The summed E-state index contributed by atoms with van der Waals surface area (Å²) in [5.41, 5.74) is 0.227. The Morgan fingerprint density at radius 1 is 1.22 bits per heavy atom. The Kier molecular flexibility index (Phi) is 3.48. The Morgan fingerprint density at radius 3 is 2.72 bits per heavy atom. The number of hydrogen-bond acceptors (Lipinski definition) is 2. The van der Waals surface area contributed by atoms with Gasteiger partial charge in [-0.3, -0.25) is 4.79 Å². The molecule has 0 aliphatic heterocycles. The van der Waals surface area contributed by atoms with Crippen LogP contribution in [-0.2, 0) is 0 Å². The van der Waals surface area contributed by atoms with Crippen molar-refractivity contribution in [3.8, 4) is 5.75 Å². The number of hydrogen-bond donors (Lipinski definition) is 2. The molecule has 2 N–H and O–H groups in total. The predicted molar refractivity (Wildman–Crippen MR) is 67.5 cm³/mol. The zero-order valence-electron chi connectivity index (χ0n) is 9.15. The quantitative estimate of drug-likeness (QED) is 0.874. The number of carbonyl (C=O) groups excluding carboxylic acids is 1. The number of aromatic hydroxyl groups is 1. The predicted octanol–water partition coefficient (Wildman–Crippen LogP) is 3.44. The van der Waals surface area contributed by atoms with E-state index in [1.165, 1.54) is 24.3 Å². The standard InChI is InChI=1S/C13H9ClFNO2/c14-8-4-5-12(15)11(6-8)13(18)16-9-2-1-3-10(17)7-9/h1-7,17H,(H,16,18). The van der Waals surface area contributed by atoms with Gasteiger partial charge in [-0.25, -0.2) is 4.39 Å². The Balaban J connectivity index is 2.24. The Morgan fingerprint density at radius 2 is 2.00 bits per heavy atom. The van der Waals surface area contributed by atoms with Crippen molar-refractivity contribution in [2.24, 2.45) is 0 Å². The van der Waals surface area contributed by atoms with Gasteiger partial charge >= 0.3 is 0 Å². The maximum atomic E-state index is 13.4. The number of phenolic OH excluding ortho intramolecular Hbond substituents is 1. The van der Waals surface area contributed by atoms with Crippen LogP contribution in [-0.4, -0.2) is 11.0 Å². The third-order valence-electron chi connectivity index (χ3n) is 2.28. The van der Waals surface area contributed by atoms with Gasteiger partial charge in [0.2, 0.25) is 0 Å². The zero-order valence-corrected chi connectivity index (χ0v) is 9.91. The molecule has 0 saturated carbocycles. The highest BCUT2D eigenvalue weighted by atomic mass is 35.5. The SMILES string of the molecule is O=C(Nc1cccc(O)c1)c1cc(Cl)ccc1F. The van der Waals surface area contributed by atoms with Crippen LogP contribution in [0.15, 0.2) is 42.5 Å². The van der Waals surface area contributed by atoms with E-state index in [2.05, 4.69) is 5.32 Å². The van der Waals surface area contributed by atoms with Gasteiger partial charge in [-0.1, -0.05) is 17.7 Å². The molecule has 0 spiro atoms. The molecule has 0 saturated heterocycles. The van der Waals surface area contributed by atoms with Crippen LogP contribution in [0.5, 0.6) is 5.75 Å². The van der Waals surface area contributed by atoms with Crippen molar-refractivity contribution in [1.82, 2.24) is 0 Å². The molecule has 0 aliphatic rings. The molecule has 1 amide bonds. The molecule has 2 aromatic carbocycles. The lowest BCUT2D eigenvalue weighted by atomic mass is 10.2. The van der Waals surface area contributed by atoms with Gasteiger partial charge in [0.05, 0.1) is 5.56 Å². The second-order valence-corrected chi connectivity index (χ2v) is 4.07. The number of carbonyl (C=O) groups is 1. The molecule has 0 atom stereocenters. The fraction of sp³-hybridized carbons (Fsp3) is 0. The summed E-state index contributed by atoms with van der Waals surface area (Å²) in [5.74, 6) is -1.27. The molecule has 0 heterocycles. The highest BCUT2D eigenvalue weighted by Gasteiger charge is 2.12. The lowest BCUT2D eigenvalue weighted by molar-refractivity contribution is 0.102. The smallest absolute Gasteiger partial charge is 0.258 e. The van der Waals surface area contributed by atoms with Crippen molar-refractivity contribution >= 4 is 23.2 Å². The maximum Gasteiger partial charge on any atom is 0.258 e. The van der Waals surface area contributed by atoms with Crippen molar-refractivity contribution in [2.45, 2.75) is 0 Å². The summed E-state index contributed by atoms with van der Waals surface area (Å²) in [6.07, 6.45) is 0. The second kappa shape index (κ2) is 5.06. The van der Waals surface area contributed by atoms with Crippen LogP contribution < -0.4 is 5.32 Å². The topological polar surface area (TPSA) is 49.3 Å². The van der Waals surface area contributed by atoms with Crippen molar-refractivity contribution in [1.29, 1.82) is 0 Å². The molecule has 0 aliphatic carbocycles. The number of rotatable bonds is 2. The summed E-state index contributed by atoms with van der Waals surface area (Å²) in [4.78, 5) is 11.8. The first-order chi connectivity index (χ1) is 8.56. The summed E-state index contributed by atoms with van der Waals surface area (Å²) in [7, 11) is 0. The number of nitrogens with one attached hydrogen (secondary N) is 1. The van der Waals surface area contributed by atoms with Gasteiger partial charge in [0.1, 0.15) is 11.6 Å². The largest absolute Gasteiger partial charge is 0.508 e. The van der Waals surface area contributed by atoms with Crippen LogP contribution in [0.2, 0.25) is 5.02 Å². The number of amides is 1. The summed E-state index contributed by atoms with van der Waals surface area (Å²) < 4.78 is 13.4. The molecule has 0 bridgehead atoms. The van der Waals surface area contributed by atoms with Gasteiger partial charge in [0, 0.05) is 16.8 Å². The van der Waals surface area contributed by atoms with Crippen LogP contribution >= 0.6 is 11.6 Å².